The highest BCUT2D eigenvalue weighted by Gasteiger charge is 2.27. The molecular formula is C14H23N3O3S. The molecule has 0 saturated carbocycles. The van der Waals surface area contributed by atoms with E-state index in [2.05, 4.69) is 9.71 Å². The van der Waals surface area contributed by atoms with E-state index < -0.39 is 16.3 Å². The Labute approximate surface area is 126 Å². The van der Waals surface area contributed by atoms with Crippen molar-refractivity contribution in [2.45, 2.75) is 31.7 Å². The lowest BCUT2D eigenvalue weighted by Gasteiger charge is -2.24. The molecule has 1 fully saturated rings. The standard InChI is InChI=1S/C14H23N3O3S/c1-20-12-14(13-8-4-5-9-15-13)16-21(18,19)17-10-6-2-3-7-11-17/h4-5,8-9,14,16H,2-3,6-7,10-12H2,1H3. The Kier molecular flexibility index (Phi) is 6.10. The van der Waals surface area contributed by atoms with E-state index in [-0.39, 0.29) is 6.61 Å². The molecule has 1 aromatic rings. The van der Waals surface area contributed by atoms with Gasteiger partial charge in [0.25, 0.3) is 10.2 Å². The van der Waals surface area contributed by atoms with E-state index in [1.165, 1.54) is 4.31 Å². The number of rotatable bonds is 6. The number of aromatic nitrogens is 1. The van der Waals surface area contributed by atoms with Crippen LogP contribution in [0.3, 0.4) is 0 Å². The maximum Gasteiger partial charge on any atom is 0.280 e. The van der Waals surface area contributed by atoms with Gasteiger partial charge in [0, 0.05) is 26.4 Å². The SMILES string of the molecule is COCC(NS(=O)(=O)N1CCCCCC1)c1ccccn1. The first kappa shape index (κ1) is 16.4. The van der Waals surface area contributed by atoms with Crippen LogP contribution in [0.1, 0.15) is 37.4 Å². The second kappa shape index (κ2) is 7.84. The van der Waals surface area contributed by atoms with Crippen molar-refractivity contribution in [2.24, 2.45) is 0 Å². The second-order valence-electron chi connectivity index (χ2n) is 5.20. The molecule has 0 aromatic carbocycles. The first-order valence-corrected chi connectivity index (χ1v) is 8.75. The Hall–Kier alpha value is -1.02. The van der Waals surface area contributed by atoms with Gasteiger partial charge in [-0.05, 0) is 25.0 Å². The van der Waals surface area contributed by atoms with Crippen LogP contribution in [0.5, 0.6) is 0 Å². The molecule has 0 aliphatic carbocycles. The minimum absolute atomic E-state index is 0.254. The monoisotopic (exact) mass is 313 g/mol. The van der Waals surface area contributed by atoms with Crippen LogP contribution in [0.2, 0.25) is 0 Å². The molecule has 1 aliphatic rings. The Bertz CT molecular complexity index is 514. The van der Waals surface area contributed by atoms with Crippen LogP contribution in [0.4, 0.5) is 0 Å². The molecule has 2 heterocycles. The lowest BCUT2D eigenvalue weighted by molar-refractivity contribution is 0.173. The van der Waals surface area contributed by atoms with Gasteiger partial charge in [-0.25, -0.2) is 0 Å². The third-order valence-electron chi connectivity index (χ3n) is 3.57. The molecule has 1 N–H and O–H groups in total. The van der Waals surface area contributed by atoms with Crippen LogP contribution in [-0.2, 0) is 14.9 Å². The van der Waals surface area contributed by atoms with Crippen molar-refractivity contribution < 1.29 is 13.2 Å². The fourth-order valence-electron chi connectivity index (χ4n) is 2.46. The third-order valence-corrected chi connectivity index (χ3v) is 5.20. The average molecular weight is 313 g/mol. The zero-order chi connectivity index (χ0) is 15.1. The van der Waals surface area contributed by atoms with E-state index in [0.717, 1.165) is 25.7 Å². The zero-order valence-corrected chi connectivity index (χ0v) is 13.2. The van der Waals surface area contributed by atoms with Crippen LogP contribution in [0.15, 0.2) is 24.4 Å². The van der Waals surface area contributed by atoms with Crippen LogP contribution in [0.25, 0.3) is 0 Å². The Morgan fingerprint density at radius 2 is 2.00 bits per heavy atom. The van der Waals surface area contributed by atoms with Gasteiger partial charge in [0.2, 0.25) is 0 Å². The van der Waals surface area contributed by atoms with Gasteiger partial charge < -0.3 is 4.74 Å². The van der Waals surface area contributed by atoms with Crippen LogP contribution in [0, 0.1) is 0 Å². The quantitative estimate of drug-likeness (QED) is 0.863. The van der Waals surface area contributed by atoms with Gasteiger partial charge in [0.05, 0.1) is 18.3 Å². The molecule has 1 unspecified atom stereocenters. The van der Waals surface area contributed by atoms with E-state index in [9.17, 15) is 8.42 Å². The highest BCUT2D eigenvalue weighted by molar-refractivity contribution is 7.87. The number of hydrogen-bond acceptors (Lipinski definition) is 4. The smallest absolute Gasteiger partial charge is 0.280 e. The summed E-state index contributed by atoms with van der Waals surface area (Å²) >= 11 is 0. The van der Waals surface area contributed by atoms with Crippen LogP contribution in [-0.4, -0.2) is 44.5 Å². The van der Waals surface area contributed by atoms with Crippen molar-refractivity contribution in [1.82, 2.24) is 14.0 Å². The van der Waals surface area contributed by atoms with Crippen molar-refractivity contribution in [3.05, 3.63) is 30.1 Å². The van der Waals surface area contributed by atoms with Gasteiger partial charge in [-0.1, -0.05) is 18.9 Å². The first-order valence-electron chi connectivity index (χ1n) is 7.31. The van der Waals surface area contributed by atoms with Gasteiger partial charge in [0.15, 0.2) is 0 Å². The summed E-state index contributed by atoms with van der Waals surface area (Å²) in [7, 11) is -1.96. The second-order valence-corrected chi connectivity index (χ2v) is 6.90. The van der Waals surface area contributed by atoms with Crippen molar-refractivity contribution >= 4 is 10.2 Å². The Morgan fingerprint density at radius 1 is 1.29 bits per heavy atom. The minimum atomic E-state index is -3.51. The molecule has 1 atom stereocenters. The lowest BCUT2D eigenvalue weighted by atomic mass is 10.2. The number of ether oxygens (including phenoxy) is 1. The van der Waals surface area contributed by atoms with Gasteiger partial charge >= 0.3 is 0 Å². The van der Waals surface area contributed by atoms with Gasteiger partial charge in [0.1, 0.15) is 0 Å². The maximum atomic E-state index is 12.5. The average Bonchev–Trinajstić information content (AvgIpc) is 2.77. The summed E-state index contributed by atoms with van der Waals surface area (Å²) in [6, 6.07) is 4.97. The number of pyridine rings is 1. The van der Waals surface area contributed by atoms with Gasteiger partial charge in [-0.2, -0.15) is 17.4 Å². The fraction of sp³-hybridized carbons (Fsp3) is 0.643. The Morgan fingerprint density at radius 3 is 2.57 bits per heavy atom. The molecule has 0 spiro atoms. The third kappa shape index (κ3) is 4.74. The van der Waals surface area contributed by atoms with E-state index in [4.69, 9.17) is 4.74 Å². The molecule has 0 radical (unpaired) electrons. The summed E-state index contributed by atoms with van der Waals surface area (Å²) in [5, 5.41) is 0. The van der Waals surface area contributed by atoms with E-state index in [1.807, 2.05) is 6.07 Å². The zero-order valence-electron chi connectivity index (χ0n) is 12.4. The molecule has 6 nitrogen and oxygen atoms in total. The summed E-state index contributed by atoms with van der Waals surface area (Å²) in [5.41, 5.74) is 0.665. The number of nitrogens with one attached hydrogen (secondary N) is 1. The van der Waals surface area contributed by atoms with Crippen molar-refractivity contribution in [3.8, 4) is 0 Å². The highest BCUT2D eigenvalue weighted by Crippen LogP contribution is 2.16. The van der Waals surface area contributed by atoms with Crippen LogP contribution >= 0.6 is 0 Å². The lowest BCUT2D eigenvalue weighted by Crippen LogP contribution is -2.44. The van der Waals surface area contributed by atoms with E-state index in [1.54, 1.807) is 25.4 Å². The summed E-state index contributed by atoms with van der Waals surface area (Å²) in [4.78, 5) is 4.22. The number of methoxy groups -OCH3 is 1. The summed E-state index contributed by atoms with van der Waals surface area (Å²) in [6.07, 6.45) is 5.67. The predicted molar refractivity (Wildman–Crippen MR) is 81.0 cm³/mol. The maximum absolute atomic E-state index is 12.5. The van der Waals surface area contributed by atoms with Crippen molar-refractivity contribution in [3.63, 3.8) is 0 Å². The predicted octanol–water partition coefficient (Wildman–Crippen LogP) is 1.48. The molecule has 118 valence electrons. The topological polar surface area (TPSA) is 71.5 Å². The number of hydrogen-bond donors (Lipinski definition) is 1. The first-order chi connectivity index (χ1) is 10.1. The molecular weight excluding hydrogens is 290 g/mol. The molecule has 0 amide bonds. The van der Waals surface area contributed by atoms with Crippen LogP contribution < -0.4 is 4.72 Å². The molecule has 21 heavy (non-hydrogen) atoms. The summed E-state index contributed by atoms with van der Waals surface area (Å²) < 4.78 is 34.4. The summed E-state index contributed by atoms with van der Waals surface area (Å²) in [6.45, 7) is 1.42. The molecule has 1 aliphatic heterocycles. The highest BCUT2D eigenvalue weighted by atomic mass is 32.2. The van der Waals surface area contributed by atoms with Crippen molar-refractivity contribution in [2.75, 3.05) is 26.8 Å². The largest absolute Gasteiger partial charge is 0.383 e. The Balaban J connectivity index is 2.11. The number of nitrogens with zero attached hydrogens (tertiary/aromatic N) is 2. The van der Waals surface area contributed by atoms with Gasteiger partial charge in [-0.15, -0.1) is 0 Å². The van der Waals surface area contributed by atoms with E-state index >= 15 is 0 Å². The fourth-order valence-corrected chi connectivity index (χ4v) is 3.90. The minimum Gasteiger partial charge on any atom is -0.383 e. The van der Waals surface area contributed by atoms with Crippen molar-refractivity contribution in [1.29, 1.82) is 0 Å². The summed E-state index contributed by atoms with van der Waals surface area (Å²) in [5.74, 6) is 0. The molecule has 2 rings (SSSR count). The molecule has 7 heteroatoms. The normalized spacial score (nSPS) is 19.1. The molecule has 1 aromatic heterocycles. The molecule has 0 bridgehead atoms. The van der Waals surface area contributed by atoms with Gasteiger partial charge in [-0.3, -0.25) is 4.98 Å². The van der Waals surface area contributed by atoms with E-state index in [0.29, 0.717) is 18.8 Å². The molecule has 1 saturated heterocycles.